The molecule has 1 unspecified atom stereocenters. The fourth-order valence-electron chi connectivity index (χ4n) is 3.58. The van der Waals surface area contributed by atoms with E-state index in [0.29, 0.717) is 6.42 Å². The second kappa shape index (κ2) is 10.4. The molecule has 0 fully saturated rings. The fourth-order valence-corrected chi connectivity index (χ4v) is 4.87. The quantitative estimate of drug-likeness (QED) is 0.353. The summed E-state index contributed by atoms with van der Waals surface area (Å²) in [6.07, 6.45) is -0.600. The number of benzene rings is 3. The van der Waals surface area contributed by atoms with E-state index in [4.69, 9.17) is 15.6 Å². The lowest BCUT2D eigenvalue weighted by Gasteiger charge is -2.20. The summed E-state index contributed by atoms with van der Waals surface area (Å²) in [5, 5.41) is 11.0. The third-order valence-electron chi connectivity index (χ3n) is 5.10. The summed E-state index contributed by atoms with van der Waals surface area (Å²) in [7, 11) is -4.37. The molecule has 0 aromatic heterocycles. The Hall–Kier alpha value is -3.76. The van der Waals surface area contributed by atoms with Gasteiger partial charge in [0.25, 0.3) is 0 Å². The van der Waals surface area contributed by atoms with E-state index < -0.39 is 40.5 Å². The lowest BCUT2D eigenvalue weighted by Crippen LogP contribution is -2.38. The van der Waals surface area contributed by atoms with E-state index in [2.05, 4.69) is 4.72 Å². The molecule has 0 saturated heterocycles. The van der Waals surface area contributed by atoms with Crippen LogP contribution >= 0.6 is 0 Å². The van der Waals surface area contributed by atoms with Crippen molar-refractivity contribution in [1.29, 1.82) is 0 Å². The Kier molecular flexibility index (Phi) is 7.64. The SMILES string of the molecule is C[C@@H](Cc1cccc2ccccc12)Oc1cc(C(N)=O)ccc1S(=O)(=O)NC(C=O)CC(=O)O. The maximum absolute atomic E-state index is 12.9. The standard InChI is InChI=1S/C24H24N2O7S/c1-15(11-17-7-4-6-16-5-2-3-8-20(16)17)33-21-12-18(24(25)30)9-10-22(21)34(31,32)26-19(14-27)13-23(28)29/h2-10,12,14-15,19,26H,11,13H2,1H3,(H2,25,30)(H,28,29)/t15-,19?/m0/s1. The highest BCUT2D eigenvalue weighted by Gasteiger charge is 2.26. The van der Waals surface area contributed by atoms with Gasteiger partial charge in [0, 0.05) is 12.0 Å². The Morgan fingerprint density at radius 2 is 1.82 bits per heavy atom. The first kappa shape index (κ1) is 24.9. The number of rotatable bonds is 11. The number of aliphatic carboxylic acids is 1. The molecule has 3 aromatic carbocycles. The highest BCUT2D eigenvalue weighted by atomic mass is 32.2. The first-order valence-electron chi connectivity index (χ1n) is 10.4. The van der Waals surface area contributed by atoms with Gasteiger partial charge >= 0.3 is 5.97 Å². The molecule has 0 radical (unpaired) electrons. The number of sulfonamides is 1. The molecule has 9 nitrogen and oxygen atoms in total. The Bertz CT molecular complexity index is 1330. The minimum atomic E-state index is -4.37. The molecule has 0 bridgehead atoms. The number of aldehydes is 1. The van der Waals surface area contributed by atoms with Crippen molar-refractivity contribution < 1.29 is 32.6 Å². The van der Waals surface area contributed by atoms with Crippen molar-refractivity contribution in [2.75, 3.05) is 0 Å². The number of fused-ring (bicyclic) bond motifs is 1. The van der Waals surface area contributed by atoms with Crippen LogP contribution in [0.2, 0.25) is 0 Å². The van der Waals surface area contributed by atoms with Gasteiger partial charge in [0.1, 0.15) is 23.0 Å². The number of nitrogens with one attached hydrogen (secondary N) is 1. The molecule has 0 spiro atoms. The number of primary amides is 1. The van der Waals surface area contributed by atoms with Gasteiger partial charge in [-0.2, -0.15) is 0 Å². The van der Waals surface area contributed by atoms with Crippen LogP contribution in [0.4, 0.5) is 0 Å². The van der Waals surface area contributed by atoms with Crippen molar-refractivity contribution in [1.82, 2.24) is 4.72 Å². The van der Waals surface area contributed by atoms with Crippen molar-refractivity contribution in [3.63, 3.8) is 0 Å². The molecule has 0 aliphatic heterocycles. The summed E-state index contributed by atoms with van der Waals surface area (Å²) < 4.78 is 33.9. The lowest BCUT2D eigenvalue weighted by atomic mass is 10.0. The first-order chi connectivity index (χ1) is 16.1. The van der Waals surface area contributed by atoms with Gasteiger partial charge < -0.3 is 20.4 Å². The van der Waals surface area contributed by atoms with Crippen LogP contribution in [-0.4, -0.2) is 43.8 Å². The number of amides is 1. The van der Waals surface area contributed by atoms with Gasteiger partial charge in [0.2, 0.25) is 15.9 Å². The highest BCUT2D eigenvalue weighted by molar-refractivity contribution is 7.89. The van der Waals surface area contributed by atoms with Crippen LogP contribution in [0.25, 0.3) is 10.8 Å². The number of ether oxygens (including phenoxy) is 1. The molecule has 2 atom stereocenters. The zero-order valence-corrected chi connectivity index (χ0v) is 19.1. The molecule has 34 heavy (non-hydrogen) atoms. The van der Waals surface area contributed by atoms with Crippen LogP contribution in [0.15, 0.2) is 65.6 Å². The molecule has 0 heterocycles. The largest absolute Gasteiger partial charge is 0.489 e. The van der Waals surface area contributed by atoms with Crippen LogP contribution in [0.1, 0.15) is 29.3 Å². The van der Waals surface area contributed by atoms with E-state index in [9.17, 15) is 22.8 Å². The van der Waals surface area contributed by atoms with E-state index in [1.807, 2.05) is 42.5 Å². The van der Waals surface area contributed by atoms with Gasteiger partial charge in [-0.1, -0.05) is 42.5 Å². The molecule has 0 aliphatic rings. The van der Waals surface area contributed by atoms with Crippen LogP contribution in [0.3, 0.4) is 0 Å². The normalized spacial score (nSPS) is 13.2. The van der Waals surface area contributed by atoms with E-state index in [1.165, 1.54) is 12.1 Å². The Labute approximate surface area is 196 Å². The zero-order chi connectivity index (χ0) is 24.9. The Balaban J connectivity index is 1.93. The van der Waals surface area contributed by atoms with E-state index in [0.717, 1.165) is 22.4 Å². The number of carbonyl (C=O) groups excluding carboxylic acids is 2. The third-order valence-corrected chi connectivity index (χ3v) is 6.63. The zero-order valence-electron chi connectivity index (χ0n) is 18.3. The van der Waals surface area contributed by atoms with Crippen LogP contribution < -0.4 is 15.2 Å². The molecule has 3 rings (SSSR count). The predicted octanol–water partition coefficient (Wildman–Crippen LogP) is 2.27. The van der Waals surface area contributed by atoms with Crippen LogP contribution in [0.5, 0.6) is 5.75 Å². The molecule has 4 N–H and O–H groups in total. The molecule has 0 saturated carbocycles. The molecule has 3 aromatic rings. The number of carbonyl (C=O) groups is 3. The van der Waals surface area contributed by atoms with E-state index >= 15 is 0 Å². The van der Waals surface area contributed by atoms with Gasteiger partial charge in [0.15, 0.2) is 0 Å². The summed E-state index contributed by atoms with van der Waals surface area (Å²) in [5.41, 5.74) is 6.36. The van der Waals surface area contributed by atoms with E-state index in [-0.39, 0.29) is 22.5 Å². The summed E-state index contributed by atoms with van der Waals surface area (Å²) in [4.78, 5) is 33.4. The number of carboxylic acid groups (broad SMARTS) is 1. The van der Waals surface area contributed by atoms with Crippen LogP contribution in [-0.2, 0) is 26.0 Å². The number of hydrogen-bond donors (Lipinski definition) is 3. The Morgan fingerprint density at radius 1 is 1.12 bits per heavy atom. The topological polar surface area (TPSA) is 153 Å². The maximum Gasteiger partial charge on any atom is 0.305 e. The van der Waals surface area contributed by atoms with Crippen molar-refractivity contribution >= 4 is 39.0 Å². The second-order valence-electron chi connectivity index (χ2n) is 7.76. The van der Waals surface area contributed by atoms with Crippen LogP contribution in [0, 0.1) is 0 Å². The van der Waals surface area contributed by atoms with Gasteiger partial charge in [-0.05, 0) is 41.5 Å². The Morgan fingerprint density at radius 3 is 2.50 bits per heavy atom. The minimum absolute atomic E-state index is 0.0313. The first-order valence-corrected chi connectivity index (χ1v) is 11.9. The summed E-state index contributed by atoms with van der Waals surface area (Å²) in [5.74, 6) is -2.26. The summed E-state index contributed by atoms with van der Waals surface area (Å²) in [6, 6.07) is 15.7. The van der Waals surface area contributed by atoms with Crippen molar-refractivity contribution in [3.8, 4) is 5.75 Å². The fraction of sp³-hybridized carbons (Fsp3) is 0.208. The molecule has 1 amide bonds. The average Bonchev–Trinajstić information content (AvgIpc) is 2.78. The van der Waals surface area contributed by atoms with Gasteiger partial charge in [0.05, 0.1) is 12.5 Å². The van der Waals surface area contributed by atoms with Gasteiger partial charge in [-0.15, -0.1) is 0 Å². The summed E-state index contributed by atoms with van der Waals surface area (Å²) in [6.45, 7) is 1.75. The average molecular weight is 485 g/mol. The molecule has 178 valence electrons. The smallest absolute Gasteiger partial charge is 0.305 e. The number of hydrogen-bond acceptors (Lipinski definition) is 6. The van der Waals surface area contributed by atoms with Crippen molar-refractivity contribution in [3.05, 3.63) is 71.8 Å². The molecular formula is C24H24N2O7S. The number of carboxylic acids is 1. The number of nitrogens with two attached hydrogens (primary N) is 1. The predicted molar refractivity (Wildman–Crippen MR) is 125 cm³/mol. The second-order valence-corrected chi connectivity index (χ2v) is 9.44. The monoisotopic (exact) mass is 484 g/mol. The maximum atomic E-state index is 12.9. The molecule has 0 aliphatic carbocycles. The minimum Gasteiger partial charge on any atom is -0.489 e. The van der Waals surface area contributed by atoms with Crippen molar-refractivity contribution in [2.45, 2.75) is 36.8 Å². The lowest BCUT2D eigenvalue weighted by molar-refractivity contribution is -0.138. The molecule has 10 heteroatoms. The van der Waals surface area contributed by atoms with Gasteiger partial charge in [-0.3, -0.25) is 9.59 Å². The van der Waals surface area contributed by atoms with Gasteiger partial charge in [-0.25, -0.2) is 13.1 Å². The van der Waals surface area contributed by atoms with Crippen molar-refractivity contribution in [2.24, 2.45) is 5.73 Å². The highest BCUT2D eigenvalue weighted by Crippen LogP contribution is 2.28. The molecular weight excluding hydrogens is 460 g/mol. The third kappa shape index (κ3) is 5.97. The van der Waals surface area contributed by atoms with E-state index in [1.54, 1.807) is 6.92 Å². The summed E-state index contributed by atoms with van der Waals surface area (Å²) >= 11 is 0.